The van der Waals surface area contributed by atoms with Gasteiger partial charge < -0.3 is 61.9 Å². The Bertz CT molecular complexity index is 2050. The van der Waals surface area contributed by atoms with Gasteiger partial charge in [0.25, 0.3) is 0 Å². The van der Waals surface area contributed by atoms with Crippen molar-refractivity contribution < 1.29 is 71.5 Å². The van der Waals surface area contributed by atoms with Crippen molar-refractivity contribution in [3.63, 3.8) is 0 Å². The van der Waals surface area contributed by atoms with Crippen molar-refractivity contribution in [1.29, 1.82) is 0 Å². The second-order valence-electron chi connectivity index (χ2n) is 20.3. The maximum absolute atomic E-state index is 14.0. The Balaban J connectivity index is 1.36. The highest BCUT2D eigenvalue weighted by Crippen LogP contribution is 2.46. The molecule has 15 nitrogen and oxygen atoms in total. The topological polar surface area (TPSA) is 165 Å². The monoisotopic (exact) mass is 1030 g/mol. The van der Waals surface area contributed by atoms with E-state index in [0.29, 0.717) is 19.4 Å². The summed E-state index contributed by atoms with van der Waals surface area (Å²) in [6.07, 6.45) is 0.381. The number of hydrogen-bond donors (Lipinski definition) is 1. The smallest absolute Gasteiger partial charge is 0.308 e. The SMILES string of the molecule is CCCCCCC[C@H](CC(=O)O)OC(=O)C[C@@H](CCCCCCC)O[C@@H]1O[C@@H](C)[C@@H]2O[C@@](C)(OC)[C@](C)(OC)O[C@H]2[C@H]1O[C@@H]1O[C@@H](C)[C@H](OCc2ccccc2)[C@@H](OCc2ccccc2)[C@H]1OCc1ccccc1. The first-order chi connectivity index (χ1) is 35.8. The number of unbranched alkanes of at least 4 members (excludes halogenated alkanes) is 8. The molecule has 15 heteroatoms. The summed E-state index contributed by atoms with van der Waals surface area (Å²) in [6.45, 7) is 12.4. The fourth-order valence-electron chi connectivity index (χ4n) is 10.0. The summed E-state index contributed by atoms with van der Waals surface area (Å²) in [5.74, 6) is -4.38. The van der Waals surface area contributed by atoms with Crippen LogP contribution in [0.1, 0.15) is 148 Å². The number of methoxy groups -OCH3 is 2. The van der Waals surface area contributed by atoms with E-state index in [-0.39, 0.29) is 26.1 Å². The van der Waals surface area contributed by atoms with E-state index >= 15 is 0 Å². The fraction of sp³-hybridized carbons (Fsp3) is 0.661. The number of esters is 1. The second-order valence-corrected chi connectivity index (χ2v) is 20.3. The molecule has 0 amide bonds. The summed E-state index contributed by atoms with van der Waals surface area (Å²) in [5.41, 5.74) is 2.88. The molecule has 1 N–H and O–H groups in total. The first-order valence-electron chi connectivity index (χ1n) is 27.3. The zero-order valence-electron chi connectivity index (χ0n) is 45.3. The lowest BCUT2D eigenvalue weighted by Crippen LogP contribution is -2.73. The average Bonchev–Trinajstić information content (AvgIpc) is 3.39. The highest BCUT2D eigenvalue weighted by Gasteiger charge is 2.63. The van der Waals surface area contributed by atoms with Gasteiger partial charge in [0, 0.05) is 14.2 Å². The number of rotatable bonds is 32. The van der Waals surface area contributed by atoms with E-state index in [9.17, 15) is 14.7 Å². The van der Waals surface area contributed by atoms with E-state index in [0.717, 1.165) is 80.9 Å². The van der Waals surface area contributed by atoms with Gasteiger partial charge in [-0.3, -0.25) is 9.59 Å². The largest absolute Gasteiger partial charge is 0.481 e. The molecule has 3 aromatic carbocycles. The molecule has 3 saturated heterocycles. The second kappa shape index (κ2) is 30.2. The number of carbonyl (C=O) groups is 2. The van der Waals surface area contributed by atoms with Gasteiger partial charge >= 0.3 is 11.9 Å². The van der Waals surface area contributed by atoms with Crippen LogP contribution in [0.25, 0.3) is 0 Å². The Labute approximate surface area is 440 Å². The average molecular weight is 1040 g/mol. The predicted molar refractivity (Wildman–Crippen MR) is 278 cm³/mol. The number of benzene rings is 3. The molecule has 0 aliphatic carbocycles. The van der Waals surface area contributed by atoms with E-state index in [4.69, 9.17) is 56.8 Å². The van der Waals surface area contributed by atoms with Crippen molar-refractivity contribution in [3.05, 3.63) is 108 Å². The number of aliphatic carboxylic acids is 1. The van der Waals surface area contributed by atoms with Gasteiger partial charge in [-0.2, -0.15) is 0 Å². The number of hydrogen-bond acceptors (Lipinski definition) is 14. The lowest BCUT2D eigenvalue weighted by Gasteiger charge is -2.57. The van der Waals surface area contributed by atoms with Crippen LogP contribution in [0.4, 0.5) is 0 Å². The Hall–Kier alpha value is -3.84. The standard InChI is InChI=1S/C59H86O15/c1-9-11-13-15-26-34-46(36-48(60)61)70-49(62)37-47(35-27-16-14-12-10-2)71-57-55(53-51(42(4)69-57)73-58(5,63-7)59(6,64-8)74-53)72-56-54(67-40-45-32-24-19-25-33-45)52(66-39-44-30-22-18-23-31-44)50(41(3)68-56)65-38-43-28-20-17-21-29-43/h17-25,28-33,41-42,46-47,50-57H,9-16,26-27,34-40H2,1-8H3,(H,60,61)/t41-,42-,46+,47+,50-,51-,52+,53+,54+,55+,56-,57-,58+,59+/m0/s1. The molecule has 14 atom stereocenters. The summed E-state index contributed by atoms with van der Waals surface area (Å²) >= 11 is 0. The van der Waals surface area contributed by atoms with E-state index in [1.807, 2.05) is 105 Å². The fourth-order valence-corrected chi connectivity index (χ4v) is 10.0. The van der Waals surface area contributed by atoms with Gasteiger partial charge in [0.15, 0.2) is 12.6 Å². The summed E-state index contributed by atoms with van der Waals surface area (Å²) in [4.78, 5) is 26.0. The first-order valence-corrected chi connectivity index (χ1v) is 27.3. The molecule has 0 unspecified atom stereocenters. The molecule has 0 saturated carbocycles. The summed E-state index contributed by atoms with van der Waals surface area (Å²) in [7, 11) is 3.06. The van der Waals surface area contributed by atoms with Gasteiger partial charge in [0.2, 0.25) is 11.6 Å². The predicted octanol–water partition coefficient (Wildman–Crippen LogP) is 11.0. The van der Waals surface area contributed by atoms with Crippen molar-refractivity contribution in [1.82, 2.24) is 0 Å². The summed E-state index contributed by atoms with van der Waals surface area (Å²) < 4.78 is 80.5. The van der Waals surface area contributed by atoms with Crippen LogP contribution in [0.15, 0.2) is 91.0 Å². The van der Waals surface area contributed by atoms with Crippen molar-refractivity contribution in [2.24, 2.45) is 0 Å². The lowest BCUT2D eigenvalue weighted by molar-refractivity contribution is -0.486. The zero-order chi connectivity index (χ0) is 52.9. The third-order valence-electron chi connectivity index (χ3n) is 14.6. The van der Waals surface area contributed by atoms with Crippen LogP contribution in [-0.2, 0) is 86.3 Å². The Morgan fingerprint density at radius 2 is 1.01 bits per heavy atom. The molecule has 0 aromatic heterocycles. The van der Waals surface area contributed by atoms with E-state index in [2.05, 4.69) is 13.8 Å². The van der Waals surface area contributed by atoms with Gasteiger partial charge in [-0.05, 0) is 63.6 Å². The molecular formula is C59H86O15. The quantitative estimate of drug-likeness (QED) is 0.0463. The Kier molecular flexibility index (Phi) is 24.2. The third-order valence-corrected chi connectivity index (χ3v) is 14.6. The summed E-state index contributed by atoms with van der Waals surface area (Å²) in [5, 5.41) is 9.80. The van der Waals surface area contributed by atoms with Gasteiger partial charge in [-0.25, -0.2) is 0 Å². The highest BCUT2D eigenvalue weighted by atomic mass is 16.8. The molecule has 74 heavy (non-hydrogen) atoms. The number of ether oxygens (including phenoxy) is 12. The van der Waals surface area contributed by atoms with E-state index in [1.165, 1.54) is 14.2 Å². The van der Waals surface area contributed by atoms with Crippen molar-refractivity contribution in [2.45, 2.75) is 236 Å². The highest BCUT2D eigenvalue weighted by molar-refractivity contribution is 5.72. The number of fused-ring (bicyclic) bond motifs is 1. The molecule has 0 radical (unpaired) electrons. The molecule has 0 spiro atoms. The minimum atomic E-state index is -1.45. The van der Waals surface area contributed by atoms with Gasteiger partial charge in [0.05, 0.1) is 51.0 Å². The molecule has 3 fully saturated rings. The Morgan fingerprint density at radius 1 is 0.554 bits per heavy atom. The van der Waals surface area contributed by atoms with Crippen LogP contribution in [0.5, 0.6) is 0 Å². The van der Waals surface area contributed by atoms with Gasteiger partial charge in [-0.1, -0.05) is 163 Å². The molecule has 0 bridgehead atoms. The zero-order valence-corrected chi connectivity index (χ0v) is 45.3. The molecule has 412 valence electrons. The minimum Gasteiger partial charge on any atom is -0.481 e. The van der Waals surface area contributed by atoms with Crippen LogP contribution in [0.3, 0.4) is 0 Å². The van der Waals surface area contributed by atoms with E-state index in [1.54, 1.807) is 13.8 Å². The molecule has 3 aliphatic rings. The summed E-state index contributed by atoms with van der Waals surface area (Å²) in [6, 6.07) is 29.7. The number of carboxylic acids is 1. The molecular weight excluding hydrogens is 949 g/mol. The number of carbonyl (C=O) groups excluding carboxylic acids is 1. The van der Waals surface area contributed by atoms with Crippen LogP contribution >= 0.6 is 0 Å². The van der Waals surface area contributed by atoms with Crippen LogP contribution in [0.2, 0.25) is 0 Å². The van der Waals surface area contributed by atoms with Crippen molar-refractivity contribution in [3.8, 4) is 0 Å². The Morgan fingerprint density at radius 3 is 1.51 bits per heavy atom. The molecule has 3 heterocycles. The molecule has 6 rings (SSSR count). The van der Waals surface area contributed by atoms with Crippen LogP contribution in [0, 0.1) is 0 Å². The lowest BCUT2D eigenvalue weighted by atomic mass is 9.93. The number of carboxylic acid groups (broad SMARTS) is 1. The molecule has 3 aliphatic heterocycles. The molecule has 3 aromatic rings. The first kappa shape index (κ1) is 59.4. The van der Waals surface area contributed by atoms with E-state index < -0.39 is 97.1 Å². The van der Waals surface area contributed by atoms with Crippen molar-refractivity contribution in [2.75, 3.05) is 14.2 Å². The normalized spacial score (nSPS) is 29.8. The van der Waals surface area contributed by atoms with Gasteiger partial charge in [-0.15, -0.1) is 0 Å². The maximum Gasteiger partial charge on any atom is 0.308 e. The minimum absolute atomic E-state index is 0.140. The maximum atomic E-state index is 14.0. The van der Waals surface area contributed by atoms with Crippen molar-refractivity contribution >= 4 is 11.9 Å². The van der Waals surface area contributed by atoms with Gasteiger partial charge in [0.1, 0.15) is 42.7 Å². The van der Waals surface area contributed by atoms with Crippen LogP contribution in [-0.4, -0.2) is 116 Å². The van der Waals surface area contributed by atoms with Crippen LogP contribution < -0.4 is 0 Å². The third kappa shape index (κ3) is 17.1.